The molecule has 206 valence electrons. The van der Waals surface area contributed by atoms with Gasteiger partial charge in [-0.1, -0.05) is 36.0 Å². The van der Waals surface area contributed by atoms with Crippen LogP contribution in [0.15, 0.2) is 87.5 Å². The van der Waals surface area contributed by atoms with E-state index in [1.165, 1.54) is 11.8 Å². The van der Waals surface area contributed by atoms with E-state index in [0.717, 1.165) is 45.4 Å². The first-order valence-electron chi connectivity index (χ1n) is 11.9. The van der Waals surface area contributed by atoms with Gasteiger partial charge in [-0.2, -0.15) is 0 Å². The van der Waals surface area contributed by atoms with Crippen molar-refractivity contribution in [3.8, 4) is 5.75 Å². The lowest BCUT2D eigenvalue weighted by atomic mass is 9.95. The highest BCUT2D eigenvalue weighted by atomic mass is 32.2. The number of sulfonamides is 1. The van der Waals surface area contributed by atoms with Crippen LogP contribution in [0.4, 0.5) is 24.5 Å². The Morgan fingerprint density at radius 2 is 1.54 bits per heavy atom. The number of anilines is 2. The van der Waals surface area contributed by atoms with E-state index in [-0.39, 0.29) is 23.9 Å². The van der Waals surface area contributed by atoms with Gasteiger partial charge >= 0.3 is 6.36 Å². The highest BCUT2D eigenvalue weighted by Crippen LogP contribution is 2.49. The van der Waals surface area contributed by atoms with Gasteiger partial charge in [0.2, 0.25) is 15.9 Å². The maximum absolute atomic E-state index is 13.2. The number of piperidine rings is 1. The maximum Gasteiger partial charge on any atom is 0.573 e. The molecule has 2 N–H and O–H groups in total. The molecule has 13 heteroatoms. The van der Waals surface area contributed by atoms with E-state index in [9.17, 15) is 31.5 Å². The number of fused-ring (bicyclic) bond motifs is 2. The Kier molecular flexibility index (Phi) is 7.27. The van der Waals surface area contributed by atoms with Crippen molar-refractivity contribution >= 4 is 39.1 Å². The van der Waals surface area contributed by atoms with Crippen molar-refractivity contribution in [1.82, 2.24) is 9.62 Å². The van der Waals surface area contributed by atoms with Crippen LogP contribution < -0.4 is 14.4 Å². The summed E-state index contributed by atoms with van der Waals surface area (Å²) in [6, 6.07) is 17.2. The summed E-state index contributed by atoms with van der Waals surface area (Å²) >= 11 is 1.58. The van der Waals surface area contributed by atoms with E-state index in [0.29, 0.717) is 0 Å². The normalized spacial score (nSPS) is 21.2. The van der Waals surface area contributed by atoms with E-state index in [4.69, 9.17) is 0 Å². The minimum Gasteiger partial charge on any atom is -0.406 e. The number of benzene rings is 3. The summed E-state index contributed by atoms with van der Waals surface area (Å²) in [5, 5.41) is 11.6. The number of aliphatic hydroxyl groups excluding tert-OH is 1. The summed E-state index contributed by atoms with van der Waals surface area (Å²) in [4.78, 5) is 17.5. The first-order chi connectivity index (χ1) is 18.4. The number of hydrogen-bond donors (Lipinski definition) is 2. The minimum atomic E-state index is -4.92. The average molecular weight is 580 g/mol. The second-order valence-electron chi connectivity index (χ2n) is 9.14. The molecule has 3 aromatic rings. The second kappa shape index (κ2) is 10.4. The van der Waals surface area contributed by atoms with E-state index >= 15 is 0 Å². The number of alkyl halides is 3. The number of ether oxygens (including phenoxy) is 1. The molecule has 1 amide bonds. The van der Waals surface area contributed by atoms with Crippen LogP contribution in [0.3, 0.4) is 0 Å². The zero-order chi connectivity index (χ0) is 27.9. The molecular formula is C26H24F3N3O5S2. The summed E-state index contributed by atoms with van der Waals surface area (Å²) < 4.78 is 70.1. The van der Waals surface area contributed by atoms with Crippen LogP contribution in [-0.2, 0) is 14.8 Å². The number of nitrogens with zero attached hydrogens (tertiary/aromatic N) is 2. The molecule has 39 heavy (non-hydrogen) atoms. The minimum absolute atomic E-state index is 0.0899. The average Bonchev–Trinajstić information content (AvgIpc) is 2.88. The monoisotopic (exact) mass is 579 g/mol. The van der Waals surface area contributed by atoms with E-state index in [1.807, 2.05) is 53.4 Å². The van der Waals surface area contributed by atoms with Crippen LogP contribution in [0.2, 0.25) is 0 Å². The van der Waals surface area contributed by atoms with Gasteiger partial charge in [-0.25, -0.2) is 13.1 Å². The summed E-state index contributed by atoms with van der Waals surface area (Å²) in [6.07, 6.45) is -6.16. The van der Waals surface area contributed by atoms with Crippen LogP contribution in [0.1, 0.15) is 6.92 Å². The van der Waals surface area contributed by atoms with Gasteiger partial charge < -0.3 is 19.6 Å². The third-order valence-corrected chi connectivity index (χ3v) is 9.19. The van der Waals surface area contributed by atoms with Crippen molar-refractivity contribution in [2.75, 3.05) is 18.0 Å². The van der Waals surface area contributed by atoms with Crippen LogP contribution in [0, 0.1) is 0 Å². The molecule has 0 unspecified atom stereocenters. The van der Waals surface area contributed by atoms with Crippen LogP contribution in [0.5, 0.6) is 5.75 Å². The molecule has 5 rings (SSSR count). The highest BCUT2D eigenvalue weighted by Gasteiger charge is 2.44. The summed E-state index contributed by atoms with van der Waals surface area (Å²) in [5.74, 6) is -0.861. The highest BCUT2D eigenvalue weighted by molar-refractivity contribution is 7.99. The van der Waals surface area contributed by atoms with Crippen LogP contribution in [-0.4, -0.2) is 62.0 Å². The molecule has 0 aromatic heterocycles. The van der Waals surface area contributed by atoms with E-state index in [2.05, 4.69) is 9.46 Å². The van der Waals surface area contributed by atoms with Crippen molar-refractivity contribution < 1.29 is 36.2 Å². The number of carbonyl (C=O) groups excluding carboxylic acids is 1. The molecule has 2 heterocycles. The van der Waals surface area contributed by atoms with Crippen molar-refractivity contribution in [2.45, 2.75) is 46.2 Å². The number of likely N-dealkylation sites (tertiary alicyclic amines) is 1. The predicted molar refractivity (Wildman–Crippen MR) is 138 cm³/mol. The molecule has 3 atom stereocenters. The number of amides is 1. The molecule has 0 radical (unpaired) electrons. The summed E-state index contributed by atoms with van der Waals surface area (Å²) in [5.41, 5.74) is 1.63. The molecule has 2 aliphatic heterocycles. The Hall–Kier alpha value is -3.26. The zero-order valence-electron chi connectivity index (χ0n) is 20.5. The van der Waals surface area contributed by atoms with Gasteiger partial charge in [0, 0.05) is 29.8 Å². The number of halogens is 3. The van der Waals surface area contributed by atoms with Gasteiger partial charge in [0.1, 0.15) is 5.75 Å². The number of hydrogen-bond acceptors (Lipinski definition) is 7. The van der Waals surface area contributed by atoms with Crippen molar-refractivity contribution in [3.05, 3.63) is 72.8 Å². The quantitative estimate of drug-likeness (QED) is 0.469. The zero-order valence-corrected chi connectivity index (χ0v) is 22.1. The molecule has 0 bridgehead atoms. The smallest absolute Gasteiger partial charge is 0.406 e. The van der Waals surface area contributed by atoms with Gasteiger partial charge in [0.05, 0.1) is 34.5 Å². The largest absolute Gasteiger partial charge is 0.573 e. The van der Waals surface area contributed by atoms with E-state index < -0.39 is 40.3 Å². The first-order valence-corrected chi connectivity index (χ1v) is 14.2. The molecule has 1 saturated heterocycles. The van der Waals surface area contributed by atoms with Crippen molar-refractivity contribution in [1.29, 1.82) is 0 Å². The number of nitrogens with one attached hydrogen (secondary N) is 1. The fraction of sp³-hybridized carbons (Fsp3) is 0.269. The van der Waals surface area contributed by atoms with Gasteiger partial charge in [0.15, 0.2) is 0 Å². The number of aliphatic hydroxyl groups is 1. The fourth-order valence-electron chi connectivity index (χ4n) is 4.80. The molecule has 1 fully saturated rings. The Morgan fingerprint density at radius 1 is 0.974 bits per heavy atom. The topological polar surface area (TPSA) is 99.2 Å². The molecule has 0 spiro atoms. The molecule has 3 aromatic carbocycles. The van der Waals surface area contributed by atoms with Gasteiger partial charge in [-0.3, -0.25) is 4.79 Å². The fourth-order valence-corrected chi connectivity index (χ4v) is 7.11. The van der Waals surface area contributed by atoms with Crippen molar-refractivity contribution in [2.24, 2.45) is 0 Å². The molecule has 8 nitrogen and oxygen atoms in total. The molecule has 0 aliphatic carbocycles. The van der Waals surface area contributed by atoms with Gasteiger partial charge in [-0.05, 0) is 48.5 Å². The third-order valence-electron chi connectivity index (χ3n) is 6.55. The Morgan fingerprint density at radius 3 is 2.08 bits per heavy atom. The molecular weight excluding hydrogens is 555 g/mol. The second-order valence-corrected chi connectivity index (χ2v) is 11.9. The SMILES string of the molecule is CC(=O)N1C[C@H](NS(=O)(=O)c2ccc(OC(F)(F)F)cc2)[C@@H](O)[C@H](N2c3ccccc3Sc3ccccc32)C1. The summed E-state index contributed by atoms with van der Waals surface area (Å²) in [7, 11) is -4.28. The van der Waals surface area contributed by atoms with Gasteiger partial charge in [-0.15, -0.1) is 13.2 Å². The van der Waals surface area contributed by atoms with E-state index in [1.54, 1.807) is 11.8 Å². The number of rotatable bonds is 5. The Balaban J connectivity index is 1.47. The van der Waals surface area contributed by atoms with Gasteiger partial charge in [0.25, 0.3) is 0 Å². The standard InChI is InChI=1S/C26H24F3N3O5S2/c1-16(33)31-14-19(30-39(35,36)18-12-10-17(11-13-18)37-26(27,28)29)25(34)22(15-31)32-20-6-2-4-8-23(20)38-24-9-5-3-7-21(24)32/h2-13,19,22,25,30,34H,14-15H2,1H3/t19-,22+,25+/m0/s1. The molecule has 2 aliphatic rings. The predicted octanol–water partition coefficient (Wildman–Crippen LogP) is 4.13. The lowest BCUT2D eigenvalue weighted by Crippen LogP contribution is -2.65. The maximum atomic E-state index is 13.2. The number of carbonyl (C=O) groups is 1. The Labute approximate surface area is 227 Å². The third kappa shape index (κ3) is 5.71. The summed E-state index contributed by atoms with van der Waals surface area (Å²) in [6.45, 7) is 1.42. The molecule has 0 saturated carbocycles. The Bertz CT molecular complexity index is 1440. The van der Waals surface area contributed by atoms with Crippen LogP contribution >= 0.6 is 11.8 Å². The van der Waals surface area contributed by atoms with Crippen molar-refractivity contribution in [3.63, 3.8) is 0 Å². The lowest BCUT2D eigenvalue weighted by molar-refractivity contribution is -0.274. The first kappa shape index (κ1) is 27.3. The lowest BCUT2D eigenvalue weighted by Gasteiger charge is -2.48. The number of para-hydroxylation sites is 2. The van der Waals surface area contributed by atoms with Crippen LogP contribution in [0.25, 0.3) is 0 Å².